The van der Waals surface area contributed by atoms with E-state index in [1.165, 1.54) is 0 Å². The fraction of sp³-hybridized carbons (Fsp3) is 1.00. The van der Waals surface area contributed by atoms with Crippen LogP contribution in [0.15, 0.2) is 0 Å². The fourth-order valence-corrected chi connectivity index (χ4v) is 0.558. The van der Waals surface area contributed by atoms with Crippen LogP contribution in [0.4, 0.5) is 0 Å². The van der Waals surface area contributed by atoms with Crippen LogP contribution in [0.1, 0.15) is 26.2 Å². The smallest absolute Gasteiger partial charge is 1.00 e. The van der Waals surface area contributed by atoms with Gasteiger partial charge < -0.3 is 35.7 Å². The zero-order chi connectivity index (χ0) is 6.41. The molecule has 0 rings (SSSR count). The summed E-state index contributed by atoms with van der Waals surface area (Å²) in [6.45, 7) is 2.50. The van der Waals surface area contributed by atoms with Gasteiger partial charge in [-0.1, -0.05) is 19.8 Å². The van der Waals surface area contributed by atoms with E-state index >= 15 is 0 Å². The van der Waals surface area contributed by atoms with Gasteiger partial charge in [-0.25, -0.2) is 0 Å². The Morgan fingerprint density at radius 1 is 1.36 bits per heavy atom. The molecule has 0 aliphatic heterocycles. The van der Waals surface area contributed by atoms with Gasteiger partial charge in [-0.05, 0) is 6.42 Å². The molecule has 1 unspecified atom stereocenters. The molecule has 0 saturated heterocycles. The van der Waals surface area contributed by atoms with Gasteiger partial charge in [0.2, 0.25) is 0 Å². The third-order valence-corrected chi connectivity index (χ3v) is 1.16. The van der Waals surface area contributed by atoms with Gasteiger partial charge in [-0.15, -0.1) is 0 Å². The maximum Gasteiger partial charge on any atom is 2.00 e. The molecule has 0 saturated carbocycles. The Morgan fingerprint density at radius 2 is 1.82 bits per heavy atom. The van der Waals surface area contributed by atoms with E-state index in [4.69, 9.17) is 10.8 Å². The van der Waals surface area contributed by atoms with E-state index in [1.54, 1.807) is 0 Å². The first-order chi connectivity index (χ1) is 3.81. The van der Waals surface area contributed by atoms with Gasteiger partial charge in [-0.3, -0.25) is 0 Å². The molecule has 3 N–H and O–H groups in total. The molecular formula is C6H15Cl2NOZn. The number of aliphatic hydroxyl groups is 1. The number of aliphatic hydroxyl groups excluding tert-OH is 1. The van der Waals surface area contributed by atoms with Gasteiger partial charge in [0.25, 0.3) is 0 Å². The Morgan fingerprint density at radius 3 is 2.09 bits per heavy atom. The molecule has 66 valence electrons. The molecule has 0 bridgehead atoms. The third-order valence-electron chi connectivity index (χ3n) is 1.16. The molecule has 1 atom stereocenters. The number of halogens is 2. The molecule has 0 amide bonds. The second-order valence-electron chi connectivity index (χ2n) is 2.03. The molecule has 5 heteroatoms. The first-order valence-electron chi connectivity index (χ1n) is 3.19. The van der Waals surface area contributed by atoms with Crippen LogP contribution < -0.4 is 30.5 Å². The van der Waals surface area contributed by atoms with Crippen LogP contribution in [0.3, 0.4) is 0 Å². The average Bonchev–Trinajstić information content (AvgIpc) is 1.83. The predicted molar refractivity (Wildman–Crippen MR) is 34.6 cm³/mol. The average molecular weight is 253 g/mol. The normalized spacial score (nSPS) is 10.1. The molecule has 11 heavy (non-hydrogen) atoms. The van der Waals surface area contributed by atoms with E-state index in [-0.39, 0.29) is 50.4 Å². The Kier molecular flexibility index (Phi) is 35.7. The zero-order valence-corrected chi connectivity index (χ0v) is 11.4. The molecule has 0 aliphatic carbocycles. The standard InChI is InChI=1S/C6H15NO.2ClH.Zn/c1-2-3-4-6(8)5-7;;;/h6,8H,2-5,7H2,1H3;2*1H;/q;;;+2/p-2. The van der Waals surface area contributed by atoms with Crippen molar-refractivity contribution in [2.75, 3.05) is 6.54 Å². The summed E-state index contributed by atoms with van der Waals surface area (Å²) in [5.41, 5.74) is 5.16. The predicted octanol–water partition coefficient (Wildman–Crippen LogP) is -5.50. The van der Waals surface area contributed by atoms with Crippen molar-refractivity contribution in [1.82, 2.24) is 0 Å². The number of unbranched alkanes of at least 4 members (excludes halogenated alkanes) is 1. The van der Waals surface area contributed by atoms with Crippen LogP contribution in [-0.2, 0) is 19.5 Å². The Hall–Kier alpha value is 1.12. The maximum absolute atomic E-state index is 8.86. The summed E-state index contributed by atoms with van der Waals surface area (Å²) in [7, 11) is 0. The van der Waals surface area contributed by atoms with Gasteiger partial charge in [0.1, 0.15) is 0 Å². The first kappa shape index (κ1) is 22.7. The minimum absolute atomic E-state index is 0. The van der Waals surface area contributed by atoms with E-state index in [2.05, 4.69) is 6.92 Å². The van der Waals surface area contributed by atoms with Crippen molar-refractivity contribution < 1.29 is 49.4 Å². The van der Waals surface area contributed by atoms with Crippen LogP contribution in [0.25, 0.3) is 0 Å². The van der Waals surface area contributed by atoms with Gasteiger partial charge >= 0.3 is 19.5 Å². The molecular weight excluding hydrogens is 238 g/mol. The van der Waals surface area contributed by atoms with Crippen molar-refractivity contribution in [3.05, 3.63) is 0 Å². The molecule has 0 aromatic carbocycles. The summed E-state index contributed by atoms with van der Waals surface area (Å²) < 4.78 is 0. The van der Waals surface area contributed by atoms with Crippen LogP contribution in [-0.4, -0.2) is 17.8 Å². The summed E-state index contributed by atoms with van der Waals surface area (Å²) in [6.07, 6.45) is 2.80. The number of nitrogens with two attached hydrogens (primary N) is 1. The van der Waals surface area contributed by atoms with E-state index in [9.17, 15) is 0 Å². The van der Waals surface area contributed by atoms with Gasteiger partial charge in [0, 0.05) is 6.54 Å². The number of hydrogen-bond acceptors (Lipinski definition) is 2. The molecule has 0 spiro atoms. The quantitative estimate of drug-likeness (QED) is 0.491. The van der Waals surface area contributed by atoms with E-state index in [0.717, 1.165) is 19.3 Å². The Labute approximate surface area is 93.9 Å². The molecule has 0 aromatic heterocycles. The zero-order valence-electron chi connectivity index (χ0n) is 6.89. The van der Waals surface area contributed by atoms with Crippen molar-refractivity contribution >= 4 is 0 Å². The molecule has 0 aliphatic rings. The summed E-state index contributed by atoms with van der Waals surface area (Å²) in [5.74, 6) is 0. The van der Waals surface area contributed by atoms with Gasteiger partial charge in [-0.2, -0.15) is 0 Å². The van der Waals surface area contributed by atoms with E-state index < -0.39 is 0 Å². The maximum atomic E-state index is 8.86. The topological polar surface area (TPSA) is 46.2 Å². The van der Waals surface area contributed by atoms with Crippen molar-refractivity contribution in [2.24, 2.45) is 5.73 Å². The van der Waals surface area contributed by atoms with Crippen LogP contribution >= 0.6 is 0 Å². The molecule has 0 heterocycles. The molecule has 0 aromatic rings. The molecule has 0 radical (unpaired) electrons. The largest absolute Gasteiger partial charge is 2.00 e. The van der Waals surface area contributed by atoms with E-state index in [0.29, 0.717) is 6.54 Å². The van der Waals surface area contributed by atoms with E-state index in [1.807, 2.05) is 0 Å². The van der Waals surface area contributed by atoms with Crippen molar-refractivity contribution in [1.29, 1.82) is 0 Å². The Balaban J connectivity index is -0.0000000817. The van der Waals surface area contributed by atoms with Crippen molar-refractivity contribution in [3.8, 4) is 0 Å². The molecule has 0 fully saturated rings. The summed E-state index contributed by atoms with van der Waals surface area (Å²) in [4.78, 5) is 0. The minimum atomic E-state index is -0.269. The SMILES string of the molecule is CCCCC(O)CN.[Cl-].[Cl-].[Zn+2]. The second-order valence-corrected chi connectivity index (χ2v) is 2.03. The van der Waals surface area contributed by atoms with Crippen molar-refractivity contribution in [3.63, 3.8) is 0 Å². The number of rotatable bonds is 4. The molecule has 2 nitrogen and oxygen atoms in total. The minimum Gasteiger partial charge on any atom is -1.00 e. The summed E-state index contributed by atoms with van der Waals surface area (Å²) in [5, 5.41) is 8.86. The second kappa shape index (κ2) is 17.3. The van der Waals surface area contributed by atoms with Gasteiger partial charge in [0.05, 0.1) is 6.10 Å². The fourth-order valence-electron chi connectivity index (χ4n) is 0.558. The Bertz CT molecular complexity index is 59.8. The number of hydrogen-bond donors (Lipinski definition) is 2. The third kappa shape index (κ3) is 18.2. The van der Waals surface area contributed by atoms with Crippen LogP contribution in [0, 0.1) is 0 Å². The monoisotopic (exact) mass is 251 g/mol. The summed E-state index contributed by atoms with van der Waals surface area (Å²) in [6, 6.07) is 0. The van der Waals surface area contributed by atoms with Crippen molar-refractivity contribution in [2.45, 2.75) is 32.3 Å². The summed E-state index contributed by atoms with van der Waals surface area (Å²) >= 11 is 0. The van der Waals surface area contributed by atoms with Crippen LogP contribution in [0.5, 0.6) is 0 Å². The first-order valence-corrected chi connectivity index (χ1v) is 3.19. The van der Waals surface area contributed by atoms with Crippen LogP contribution in [0.2, 0.25) is 0 Å². The van der Waals surface area contributed by atoms with Gasteiger partial charge in [0.15, 0.2) is 0 Å².